The first-order valence-electron chi connectivity index (χ1n) is 7.08. The molecular formula is C16H21NO5. The van der Waals surface area contributed by atoms with E-state index in [4.69, 9.17) is 9.47 Å². The molecule has 1 aromatic rings. The molecule has 6 heteroatoms. The number of carbonyl (C=O) groups excluding carboxylic acids is 3. The number of hydrogen-bond donors (Lipinski definition) is 1. The van der Waals surface area contributed by atoms with E-state index in [0.717, 1.165) is 5.56 Å². The van der Waals surface area contributed by atoms with Gasteiger partial charge in [0, 0.05) is 12.8 Å². The summed E-state index contributed by atoms with van der Waals surface area (Å²) in [4.78, 5) is 34.9. The molecule has 0 heterocycles. The third kappa shape index (κ3) is 5.55. The molecule has 1 N–H and O–H groups in total. The first kappa shape index (κ1) is 17.7. The number of aryl methyl sites for hydroxylation is 1. The molecule has 1 rings (SSSR count). The summed E-state index contributed by atoms with van der Waals surface area (Å²) < 4.78 is 9.85. The van der Waals surface area contributed by atoms with Crippen molar-refractivity contribution in [2.24, 2.45) is 0 Å². The molecule has 0 saturated carbocycles. The molecule has 0 bridgehead atoms. The van der Waals surface area contributed by atoms with Gasteiger partial charge >= 0.3 is 5.97 Å². The van der Waals surface area contributed by atoms with Crippen molar-refractivity contribution < 1.29 is 23.9 Å². The number of hydrogen-bond acceptors (Lipinski definition) is 5. The third-order valence-electron chi connectivity index (χ3n) is 2.97. The molecule has 1 amide bonds. The van der Waals surface area contributed by atoms with Crippen molar-refractivity contribution in [3.05, 3.63) is 29.3 Å². The first-order valence-corrected chi connectivity index (χ1v) is 7.08. The van der Waals surface area contributed by atoms with Crippen LogP contribution in [0.3, 0.4) is 0 Å². The molecule has 0 atom stereocenters. The van der Waals surface area contributed by atoms with Gasteiger partial charge in [-0.05, 0) is 26.0 Å². The largest absolute Gasteiger partial charge is 0.496 e. The Balaban J connectivity index is 2.51. The van der Waals surface area contributed by atoms with Gasteiger partial charge in [0.05, 0.1) is 19.3 Å². The molecule has 0 spiro atoms. The van der Waals surface area contributed by atoms with Crippen LogP contribution < -0.4 is 10.1 Å². The number of carbonyl (C=O) groups is 3. The van der Waals surface area contributed by atoms with E-state index in [0.29, 0.717) is 11.3 Å². The predicted octanol–water partition coefficient (Wildman–Crippen LogP) is 1.65. The quantitative estimate of drug-likeness (QED) is 0.583. The molecule has 22 heavy (non-hydrogen) atoms. The highest BCUT2D eigenvalue weighted by Gasteiger charge is 2.14. The number of nitrogens with one attached hydrogen (secondary N) is 1. The lowest BCUT2D eigenvalue weighted by molar-refractivity contribution is -0.143. The first-order chi connectivity index (χ1) is 10.5. The van der Waals surface area contributed by atoms with E-state index in [9.17, 15) is 14.4 Å². The Morgan fingerprint density at radius 2 is 1.91 bits per heavy atom. The SMILES string of the molecule is CCOC(=O)CNC(=O)CCC(=O)c1cc(C)ccc1OC. The fraction of sp³-hybridized carbons (Fsp3) is 0.438. The fourth-order valence-electron chi connectivity index (χ4n) is 1.87. The van der Waals surface area contributed by atoms with Gasteiger partial charge in [0.2, 0.25) is 5.91 Å². The molecular weight excluding hydrogens is 286 g/mol. The van der Waals surface area contributed by atoms with Gasteiger partial charge in [0.15, 0.2) is 5.78 Å². The second-order valence-corrected chi connectivity index (χ2v) is 4.71. The number of ketones is 1. The maximum absolute atomic E-state index is 12.2. The number of rotatable bonds is 8. The second-order valence-electron chi connectivity index (χ2n) is 4.71. The van der Waals surface area contributed by atoms with E-state index < -0.39 is 5.97 Å². The van der Waals surface area contributed by atoms with E-state index >= 15 is 0 Å². The topological polar surface area (TPSA) is 81.7 Å². The zero-order valence-electron chi connectivity index (χ0n) is 13.1. The van der Waals surface area contributed by atoms with Crippen LogP contribution in [0.1, 0.15) is 35.7 Å². The van der Waals surface area contributed by atoms with E-state index in [1.165, 1.54) is 7.11 Å². The van der Waals surface area contributed by atoms with Gasteiger partial charge in [0.1, 0.15) is 12.3 Å². The molecule has 120 valence electrons. The zero-order valence-corrected chi connectivity index (χ0v) is 13.1. The van der Waals surface area contributed by atoms with Crippen LogP contribution in [-0.4, -0.2) is 37.9 Å². The number of benzene rings is 1. The maximum atomic E-state index is 12.2. The van der Waals surface area contributed by atoms with Gasteiger partial charge in [-0.2, -0.15) is 0 Å². The Hall–Kier alpha value is -2.37. The lowest BCUT2D eigenvalue weighted by Gasteiger charge is -2.09. The number of methoxy groups -OCH3 is 1. The van der Waals surface area contributed by atoms with Gasteiger partial charge in [-0.15, -0.1) is 0 Å². The van der Waals surface area contributed by atoms with Crippen molar-refractivity contribution in [1.29, 1.82) is 0 Å². The lowest BCUT2D eigenvalue weighted by Crippen LogP contribution is -2.30. The third-order valence-corrected chi connectivity index (χ3v) is 2.97. The van der Waals surface area contributed by atoms with Crippen molar-refractivity contribution >= 4 is 17.7 Å². The molecule has 0 radical (unpaired) electrons. The highest BCUT2D eigenvalue weighted by molar-refractivity contribution is 6.00. The minimum atomic E-state index is -0.498. The van der Waals surface area contributed by atoms with Crippen LogP contribution in [0, 0.1) is 6.92 Å². The van der Waals surface area contributed by atoms with Crippen LogP contribution in [0.5, 0.6) is 5.75 Å². The van der Waals surface area contributed by atoms with Crippen molar-refractivity contribution in [3.8, 4) is 5.75 Å². The number of Topliss-reactive ketones (excluding diaryl/α,β-unsaturated/α-hetero) is 1. The van der Waals surface area contributed by atoms with Crippen molar-refractivity contribution in [2.75, 3.05) is 20.3 Å². The Bertz CT molecular complexity index is 553. The molecule has 6 nitrogen and oxygen atoms in total. The second kappa shape index (κ2) is 8.81. The van der Waals surface area contributed by atoms with Crippen LogP contribution in [0.25, 0.3) is 0 Å². The lowest BCUT2D eigenvalue weighted by atomic mass is 10.0. The van der Waals surface area contributed by atoms with E-state index in [2.05, 4.69) is 5.32 Å². The highest BCUT2D eigenvalue weighted by Crippen LogP contribution is 2.21. The minimum absolute atomic E-state index is 0.00926. The van der Waals surface area contributed by atoms with E-state index in [-0.39, 0.29) is 37.7 Å². The Kier molecular flexibility index (Phi) is 7.08. The summed E-state index contributed by atoms with van der Waals surface area (Å²) in [5.74, 6) is -0.551. The summed E-state index contributed by atoms with van der Waals surface area (Å²) in [7, 11) is 1.49. The summed E-state index contributed by atoms with van der Waals surface area (Å²) in [6.45, 7) is 3.64. The van der Waals surface area contributed by atoms with E-state index in [1.807, 2.05) is 13.0 Å². The smallest absolute Gasteiger partial charge is 0.325 e. The molecule has 0 saturated heterocycles. The average molecular weight is 307 g/mol. The molecule has 1 aromatic carbocycles. The maximum Gasteiger partial charge on any atom is 0.325 e. The molecule has 0 fully saturated rings. The van der Waals surface area contributed by atoms with Crippen molar-refractivity contribution in [3.63, 3.8) is 0 Å². The molecule has 0 aliphatic heterocycles. The van der Waals surface area contributed by atoms with Gasteiger partial charge in [-0.1, -0.05) is 11.6 Å². The predicted molar refractivity (Wildman–Crippen MR) is 80.9 cm³/mol. The van der Waals surface area contributed by atoms with Gasteiger partial charge in [-0.25, -0.2) is 0 Å². The zero-order chi connectivity index (χ0) is 16.5. The Morgan fingerprint density at radius 1 is 1.18 bits per heavy atom. The summed E-state index contributed by atoms with van der Waals surface area (Å²) in [5, 5.41) is 2.42. The van der Waals surface area contributed by atoms with Crippen molar-refractivity contribution in [2.45, 2.75) is 26.7 Å². The van der Waals surface area contributed by atoms with Gasteiger partial charge in [-0.3, -0.25) is 14.4 Å². The number of amides is 1. The number of esters is 1. The Morgan fingerprint density at radius 3 is 2.55 bits per heavy atom. The fourth-order valence-corrected chi connectivity index (χ4v) is 1.87. The average Bonchev–Trinajstić information content (AvgIpc) is 2.50. The van der Waals surface area contributed by atoms with Crippen LogP contribution in [0.2, 0.25) is 0 Å². The normalized spacial score (nSPS) is 9.95. The van der Waals surface area contributed by atoms with Crippen molar-refractivity contribution in [1.82, 2.24) is 5.32 Å². The molecule has 0 aliphatic rings. The monoisotopic (exact) mass is 307 g/mol. The molecule has 0 aromatic heterocycles. The summed E-state index contributed by atoms with van der Waals surface area (Å²) in [6.07, 6.45) is 0.0593. The van der Waals surface area contributed by atoms with Crippen LogP contribution >= 0.6 is 0 Å². The number of ether oxygens (including phenoxy) is 2. The minimum Gasteiger partial charge on any atom is -0.496 e. The standard InChI is InChI=1S/C16H21NO5/c1-4-22-16(20)10-17-15(19)8-6-13(18)12-9-11(2)5-7-14(12)21-3/h5,7,9H,4,6,8,10H2,1-3H3,(H,17,19). The molecule has 0 aliphatic carbocycles. The van der Waals surface area contributed by atoms with Crippen LogP contribution in [-0.2, 0) is 14.3 Å². The van der Waals surface area contributed by atoms with Gasteiger partial charge < -0.3 is 14.8 Å². The summed E-state index contributed by atoms with van der Waals surface area (Å²) in [6, 6.07) is 5.31. The summed E-state index contributed by atoms with van der Waals surface area (Å²) >= 11 is 0. The van der Waals surface area contributed by atoms with E-state index in [1.54, 1.807) is 19.1 Å². The summed E-state index contributed by atoms with van der Waals surface area (Å²) in [5.41, 5.74) is 1.40. The molecule has 0 unspecified atom stereocenters. The van der Waals surface area contributed by atoms with Gasteiger partial charge in [0.25, 0.3) is 0 Å². The highest BCUT2D eigenvalue weighted by atomic mass is 16.5. The Labute approximate surface area is 129 Å². The van der Waals surface area contributed by atoms with Crippen LogP contribution in [0.4, 0.5) is 0 Å². The van der Waals surface area contributed by atoms with Crippen LogP contribution in [0.15, 0.2) is 18.2 Å².